The fraction of sp³-hybridized carbons (Fsp3) is 0.875. The third kappa shape index (κ3) is 5.43. The van der Waals surface area contributed by atoms with E-state index in [9.17, 15) is 9.59 Å². The number of piperidine rings is 1. The van der Waals surface area contributed by atoms with Gasteiger partial charge in [-0.3, -0.25) is 9.59 Å². The smallest absolute Gasteiger partial charge is 0.243 e. The molecule has 2 fully saturated rings. The van der Waals surface area contributed by atoms with E-state index in [2.05, 4.69) is 31.4 Å². The number of carbonyl (C=O) groups is 2. The lowest BCUT2D eigenvalue weighted by Crippen LogP contribution is -2.51. The van der Waals surface area contributed by atoms with Gasteiger partial charge in [-0.15, -0.1) is 12.4 Å². The number of hydrogen-bond acceptors (Lipinski definition) is 3. The summed E-state index contributed by atoms with van der Waals surface area (Å²) < 4.78 is 0. The third-order valence-electron chi connectivity index (χ3n) is 4.24. The summed E-state index contributed by atoms with van der Waals surface area (Å²) in [7, 11) is 0. The summed E-state index contributed by atoms with van der Waals surface area (Å²) in [6.45, 7) is 8.82. The van der Waals surface area contributed by atoms with Crippen LogP contribution in [0.5, 0.6) is 0 Å². The molecule has 2 rings (SSSR count). The maximum absolute atomic E-state index is 12.5. The van der Waals surface area contributed by atoms with Crippen LogP contribution < -0.4 is 10.6 Å². The number of likely N-dealkylation sites (tertiary alicyclic amines) is 1. The van der Waals surface area contributed by atoms with Gasteiger partial charge in [-0.05, 0) is 44.2 Å². The molecule has 0 saturated carbocycles. The van der Waals surface area contributed by atoms with Crippen LogP contribution >= 0.6 is 12.4 Å². The van der Waals surface area contributed by atoms with Crippen molar-refractivity contribution in [1.82, 2.24) is 15.5 Å². The minimum absolute atomic E-state index is 0. The van der Waals surface area contributed by atoms with Crippen molar-refractivity contribution in [2.75, 3.05) is 19.6 Å². The highest BCUT2D eigenvalue weighted by Crippen LogP contribution is 2.25. The fourth-order valence-electron chi connectivity index (χ4n) is 3.16. The van der Waals surface area contributed by atoms with Crippen molar-refractivity contribution in [2.45, 2.75) is 65.0 Å². The Morgan fingerprint density at radius 2 is 1.82 bits per heavy atom. The number of carbonyl (C=O) groups excluding carboxylic acids is 2. The summed E-state index contributed by atoms with van der Waals surface area (Å²) in [6.07, 6.45) is 4.19. The van der Waals surface area contributed by atoms with Crippen LogP contribution in [0.25, 0.3) is 0 Å². The standard InChI is InChI=1S/C16H29N3O2.ClH/c1-16(2,3)11-14(20)19-10-4-5-13(19)15(21)18-12-6-8-17-9-7-12;/h12-13,17H,4-11H2,1-3H3,(H,18,21);1H. The molecule has 0 radical (unpaired) electrons. The van der Waals surface area contributed by atoms with E-state index in [1.165, 1.54) is 0 Å². The average Bonchev–Trinajstić information content (AvgIpc) is 2.87. The Bertz CT molecular complexity index is 389. The Morgan fingerprint density at radius 1 is 1.18 bits per heavy atom. The molecule has 128 valence electrons. The van der Waals surface area contributed by atoms with Gasteiger partial charge in [0.15, 0.2) is 0 Å². The van der Waals surface area contributed by atoms with E-state index in [1.54, 1.807) is 4.90 Å². The molecule has 0 aliphatic carbocycles. The van der Waals surface area contributed by atoms with Crippen molar-refractivity contribution in [1.29, 1.82) is 0 Å². The van der Waals surface area contributed by atoms with Gasteiger partial charge in [0.1, 0.15) is 6.04 Å². The summed E-state index contributed by atoms with van der Waals surface area (Å²) >= 11 is 0. The number of halogens is 1. The summed E-state index contributed by atoms with van der Waals surface area (Å²) in [5.74, 6) is 0.159. The Balaban J connectivity index is 0.00000242. The van der Waals surface area contributed by atoms with Gasteiger partial charge in [-0.25, -0.2) is 0 Å². The van der Waals surface area contributed by atoms with Gasteiger partial charge >= 0.3 is 0 Å². The van der Waals surface area contributed by atoms with Gasteiger partial charge in [-0.1, -0.05) is 20.8 Å². The van der Waals surface area contributed by atoms with Crippen molar-refractivity contribution in [3.05, 3.63) is 0 Å². The normalized spacial score (nSPS) is 23.0. The van der Waals surface area contributed by atoms with Gasteiger partial charge in [0.05, 0.1) is 0 Å². The second-order valence-corrected chi connectivity index (χ2v) is 7.52. The van der Waals surface area contributed by atoms with E-state index in [-0.39, 0.29) is 41.7 Å². The zero-order valence-corrected chi connectivity index (χ0v) is 14.8. The summed E-state index contributed by atoms with van der Waals surface area (Å²) in [5, 5.41) is 6.43. The van der Waals surface area contributed by atoms with Crippen molar-refractivity contribution in [3.8, 4) is 0 Å². The molecule has 2 saturated heterocycles. The Kier molecular flexibility index (Phi) is 7.13. The van der Waals surface area contributed by atoms with E-state index in [1.807, 2.05) is 0 Å². The maximum Gasteiger partial charge on any atom is 0.243 e. The van der Waals surface area contributed by atoms with E-state index < -0.39 is 0 Å². The molecular formula is C16H30ClN3O2. The monoisotopic (exact) mass is 331 g/mol. The van der Waals surface area contributed by atoms with Crippen LogP contribution in [0.2, 0.25) is 0 Å². The van der Waals surface area contributed by atoms with Crippen LogP contribution in [0.3, 0.4) is 0 Å². The van der Waals surface area contributed by atoms with Gasteiger partial charge in [0.25, 0.3) is 0 Å². The molecule has 0 aromatic heterocycles. The zero-order chi connectivity index (χ0) is 15.5. The molecule has 2 N–H and O–H groups in total. The fourth-order valence-corrected chi connectivity index (χ4v) is 3.16. The predicted molar refractivity (Wildman–Crippen MR) is 90.1 cm³/mol. The van der Waals surface area contributed by atoms with E-state index >= 15 is 0 Å². The van der Waals surface area contributed by atoms with Gasteiger partial charge in [-0.2, -0.15) is 0 Å². The van der Waals surface area contributed by atoms with E-state index in [0.717, 1.165) is 45.3 Å². The molecule has 0 aromatic carbocycles. The molecular weight excluding hydrogens is 302 g/mol. The van der Waals surface area contributed by atoms with Crippen LogP contribution in [0, 0.1) is 5.41 Å². The van der Waals surface area contributed by atoms with Crippen molar-refractivity contribution >= 4 is 24.2 Å². The Hall–Kier alpha value is -0.810. The first-order chi connectivity index (χ1) is 9.87. The molecule has 0 aromatic rings. The first-order valence-electron chi connectivity index (χ1n) is 8.17. The van der Waals surface area contributed by atoms with Crippen LogP contribution in [0.15, 0.2) is 0 Å². The topological polar surface area (TPSA) is 61.4 Å². The number of hydrogen-bond donors (Lipinski definition) is 2. The maximum atomic E-state index is 12.5. The van der Waals surface area contributed by atoms with Gasteiger partial charge < -0.3 is 15.5 Å². The Morgan fingerprint density at radius 3 is 2.41 bits per heavy atom. The van der Waals surface area contributed by atoms with Crippen molar-refractivity contribution in [2.24, 2.45) is 5.41 Å². The predicted octanol–water partition coefficient (Wildman–Crippen LogP) is 1.70. The highest BCUT2D eigenvalue weighted by Gasteiger charge is 2.35. The molecule has 1 atom stereocenters. The highest BCUT2D eigenvalue weighted by molar-refractivity contribution is 5.88. The molecule has 2 amide bonds. The molecule has 5 nitrogen and oxygen atoms in total. The number of nitrogens with zero attached hydrogens (tertiary/aromatic N) is 1. The van der Waals surface area contributed by atoms with Crippen LogP contribution in [-0.2, 0) is 9.59 Å². The number of amides is 2. The van der Waals surface area contributed by atoms with E-state index in [0.29, 0.717) is 6.42 Å². The van der Waals surface area contributed by atoms with Gasteiger partial charge in [0, 0.05) is 19.0 Å². The third-order valence-corrected chi connectivity index (χ3v) is 4.24. The quantitative estimate of drug-likeness (QED) is 0.827. The van der Waals surface area contributed by atoms with Crippen LogP contribution in [0.4, 0.5) is 0 Å². The average molecular weight is 332 g/mol. The second kappa shape index (κ2) is 8.16. The van der Waals surface area contributed by atoms with E-state index in [4.69, 9.17) is 0 Å². The van der Waals surface area contributed by atoms with Crippen molar-refractivity contribution in [3.63, 3.8) is 0 Å². The number of rotatable bonds is 3. The zero-order valence-electron chi connectivity index (χ0n) is 14.0. The van der Waals surface area contributed by atoms with Crippen LogP contribution in [0.1, 0.15) is 52.9 Å². The number of nitrogens with one attached hydrogen (secondary N) is 2. The first-order valence-corrected chi connectivity index (χ1v) is 8.17. The summed E-state index contributed by atoms with van der Waals surface area (Å²) in [4.78, 5) is 26.7. The highest BCUT2D eigenvalue weighted by atomic mass is 35.5. The first kappa shape index (κ1) is 19.2. The molecule has 1 unspecified atom stereocenters. The lowest BCUT2D eigenvalue weighted by molar-refractivity contribution is -0.140. The van der Waals surface area contributed by atoms with Crippen molar-refractivity contribution < 1.29 is 9.59 Å². The largest absolute Gasteiger partial charge is 0.351 e. The molecule has 22 heavy (non-hydrogen) atoms. The molecule has 0 bridgehead atoms. The molecule has 2 aliphatic rings. The molecule has 2 heterocycles. The summed E-state index contributed by atoms with van der Waals surface area (Å²) in [6, 6.07) is 0.00801. The molecule has 0 spiro atoms. The summed E-state index contributed by atoms with van der Waals surface area (Å²) in [5.41, 5.74) is -0.0320. The minimum Gasteiger partial charge on any atom is -0.351 e. The SMILES string of the molecule is CC(C)(C)CC(=O)N1CCCC1C(=O)NC1CCNCC1.Cl. The lowest BCUT2D eigenvalue weighted by Gasteiger charge is -2.30. The lowest BCUT2D eigenvalue weighted by atomic mass is 9.91. The minimum atomic E-state index is -0.255. The van der Waals surface area contributed by atoms with Gasteiger partial charge in [0.2, 0.25) is 11.8 Å². The molecule has 6 heteroatoms. The Labute approximate surface area is 140 Å². The van der Waals surface area contributed by atoms with Crippen LogP contribution in [-0.4, -0.2) is 48.4 Å². The second-order valence-electron chi connectivity index (χ2n) is 7.52. The molecule has 2 aliphatic heterocycles.